The van der Waals surface area contributed by atoms with Crippen LogP contribution < -0.4 is 10.2 Å². The summed E-state index contributed by atoms with van der Waals surface area (Å²) in [6, 6.07) is 5.16. The smallest absolute Gasteiger partial charge is 0.227 e. The van der Waals surface area contributed by atoms with Crippen molar-refractivity contribution >= 4 is 40.7 Å². The van der Waals surface area contributed by atoms with Crippen molar-refractivity contribution in [3.8, 4) is 0 Å². The molecule has 1 saturated heterocycles. The molecule has 1 fully saturated rings. The van der Waals surface area contributed by atoms with Gasteiger partial charge in [-0.05, 0) is 31.5 Å². The minimum Gasteiger partial charge on any atom is -0.353 e. The lowest BCUT2D eigenvalue weighted by molar-refractivity contribution is -0.126. The lowest BCUT2D eigenvalue weighted by Crippen LogP contribution is -2.38. The van der Waals surface area contributed by atoms with Crippen LogP contribution in [0.4, 0.5) is 5.69 Å². The number of carbonyl (C=O) groups is 2. The minimum absolute atomic E-state index is 0.0692. The molecule has 21 heavy (non-hydrogen) atoms. The molecule has 1 heterocycles. The summed E-state index contributed by atoms with van der Waals surface area (Å²) >= 11 is 11.9. The summed E-state index contributed by atoms with van der Waals surface area (Å²) in [6.07, 6.45) is 1.09. The number of rotatable bonds is 4. The second kappa shape index (κ2) is 6.67. The van der Waals surface area contributed by atoms with Crippen LogP contribution in [-0.2, 0) is 9.59 Å². The van der Waals surface area contributed by atoms with E-state index in [9.17, 15) is 9.59 Å². The zero-order valence-electron chi connectivity index (χ0n) is 12.0. The van der Waals surface area contributed by atoms with Crippen molar-refractivity contribution in [3.63, 3.8) is 0 Å². The highest BCUT2D eigenvalue weighted by Gasteiger charge is 2.35. The predicted molar refractivity (Wildman–Crippen MR) is 84.8 cm³/mol. The van der Waals surface area contributed by atoms with Crippen LogP contribution in [-0.4, -0.2) is 24.4 Å². The molecule has 0 bridgehead atoms. The van der Waals surface area contributed by atoms with Gasteiger partial charge in [0.05, 0.1) is 16.0 Å². The monoisotopic (exact) mass is 328 g/mol. The molecule has 2 amide bonds. The molecule has 1 aromatic rings. The Morgan fingerprint density at radius 1 is 1.43 bits per heavy atom. The predicted octanol–water partition coefficient (Wildman–Crippen LogP) is 3.26. The van der Waals surface area contributed by atoms with Crippen molar-refractivity contribution in [1.29, 1.82) is 0 Å². The molecule has 0 spiro atoms. The Kier molecular flexibility index (Phi) is 5.12. The van der Waals surface area contributed by atoms with Crippen LogP contribution in [0.2, 0.25) is 10.0 Å². The fourth-order valence-electron chi connectivity index (χ4n) is 2.25. The molecule has 114 valence electrons. The summed E-state index contributed by atoms with van der Waals surface area (Å²) in [5, 5.41) is 3.76. The SMILES string of the molecule is CCC(C)NC(=O)C1CC(=O)N(c2ccc(Cl)c(Cl)c2)C1. The zero-order valence-corrected chi connectivity index (χ0v) is 13.5. The molecule has 2 atom stereocenters. The molecule has 4 nitrogen and oxygen atoms in total. The maximum Gasteiger partial charge on any atom is 0.227 e. The van der Waals surface area contributed by atoms with Crippen LogP contribution in [0.3, 0.4) is 0 Å². The molecular weight excluding hydrogens is 311 g/mol. The highest BCUT2D eigenvalue weighted by Crippen LogP contribution is 2.31. The van der Waals surface area contributed by atoms with Gasteiger partial charge in [-0.25, -0.2) is 0 Å². The van der Waals surface area contributed by atoms with Crippen molar-refractivity contribution in [2.24, 2.45) is 5.92 Å². The van der Waals surface area contributed by atoms with E-state index >= 15 is 0 Å². The van der Waals surface area contributed by atoms with E-state index in [4.69, 9.17) is 23.2 Å². The number of benzene rings is 1. The van der Waals surface area contributed by atoms with E-state index < -0.39 is 0 Å². The number of hydrogen-bond donors (Lipinski definition) is 1. The van der Waals surface area contributed by atoms with E-state index in [1.807, 2.05) is 13.8 Å². The maximum atomic E-state index is 12.1. The second-order valence-electron chi connectivity index (χ2n) is 5.32. The van der Waals surface area contributed by atoms with E-state index in [0.717, 1.165) is 6.42 Å². The van der Waals surface area contributed by atoms with Gasteiger partial charge in [0, 0.05) is 24.7 Å². The quantitative estimate of drug-likeness (QED) is 0.922. The summed E-state index contributed by atoms with van der Waals surface area (Å²) in [5.41, 5.74) is 0.674. The number of hydrogen-bond acceptors (Lipinski definition) is 2. The molecule has 2 unspecified atom stereocenters. The Morgan fingerprint density at radius 2 is 2.14 bits per heavy atom. The molecule has 1 N–H and O–H groups in total. The van der Waals surface area contributed by atoms with E-state index in [1.54, 1.807) is 23.1 Å². The lowest BCUT2D eigenvalue weighted by Gasteiger charge is -2.18. The molecule has 1 aliphatic rings. The number of anilines is 1. The van der Waals surface area contributed by atoms with Crippen molar-refractivity contribution in [2.75, 3.05) is 11.4 Å². The van der Waals surface area contributed by atoms with Crippen LogP contribution in [0.15, 0.2) is 18.2 Å². The first-order valence-corrected chi connectivity index (χ1v) is 7.73. The van der Waals surface area contributed by atoms with Crippen molar-refractivity contribution in [3.05, 3.63) is 28.2 Å². The number of carbonyl (C=O) groups excluding carboxylic acids is 2. The number of nitrogens with one attached hydrogen (secondary N) is 1. The van der Waals surface area contributed by atoms with E-state index in [1.165, 1.54) is 0 Å². The first kappa shape index (κ1) is 16.1. The van der Waals surface area contributed by atoms with Crippen LogP contribution in [0.1, 0.15) is 26.7 Å². The van der Waals surface area contributed by atoms with E-state index in [0.29, 0.717) is 22.3 Å². The second-order valence-corrected chi connectivity index (χ2v) is 6.14. The first-order chi connectivity index (χ1) is 9.92. The summed E-state index contributed by atoms with van der Waals surface area (Å²) in [6.45, 7) is 4.33. The molecule has 6 heteroatoms. The third-order valence-corrected chi connectivity index (χ3v) is 4.45. The fraction of sp³-hybridized carbons (Fsp3) is 0.467. The first-order valence-electron chi connectivity index (χ1n) is 6.98. The number of amides is 2. The third kappa shape index (κ3) is 3.69. The molecule has 1 aromatic carbocycles. The summed E-state index contributed by atoms with van der Waals surface area (Å²) in [5.74, 6) is -0.459. The molecule has 0 aromatic heterocycles. The normalized spacial score (nSPS) is 19.7. The summed E-state index contributed by atoms with van der Waals surface area (Å²) in [4.78, 5) is 25.8. The van der Waals surface area contributed by atoms with Gasteiger partial charge < -0.3 is 10.2 Å². The molecule has 1 aliphatic heterocycles. The lowest BCUT2D eigenvalue weighted by atomic mass is 10.1. The van der Waals surface area contributed by atoms with Crippen LogP contribution >= 0.6 is 23.2 Å². The van der Waals surface area contributed by atoms with Gasteiger partial charge in [-0.2, -0.15) is 0 Å². The Bertz CT molecular complexity index is 563. The third-order valence-electron chi connectivity index (χ3n) is 3.71. The van der Waals surface area contributed by atoms with Gasteiger partial charge >= 0.3 is 0 Å². The van der Waals surface area contributed by atoms with Crippen LogP contribution in [0.5, 0.6) is 0 Å². The largest absolute Gasteiger partial charge is 0.353 e. The van der Waals surface area contributed by atoms with Gasteiger partial charge in [0.1, 0.15) is 0 Å². The van der Waals surface area contributed by atoms with Crippen molar-refractivity contribution in [2.45, 2.75) is 32.7 Å². The average molecular weight is 329 g/mol. The maximum absolute atomic E-state index is 12.1. The number of nitrogens with zero attached hydrogens (tertiary/aromatic N) is 1. The van der Waals surface area contributed by atoms with Gasteiger partial charge in [0.2, 0.25) is 11.8 Å². The van der Waals surface area contributed by atoms with Gasteiger partial charge in [-0.1, -0.05) is 30.1 Å². The molecule has 0 radical (unpaired) electrons. The Hall–Kier alpha value is -1.26. The van der Waals surface area contributed by atoms with Gasteiger partial charge in [-0.15, -0.1) is 0 Å². The van der Waals surface area contributed by atoms with Gasteiger partial charge in [-0.3, -0.25) is 9.59 Å². The Balaban J connectivity index is 2.09. The molecule has 0 aliphatic carbocycles. The van der Waals surface area contributed by atoms with Crippen molar-refractivity contribution in [1.82, 2.24) is 5.32 Å². The van der Waals surface area contributed by atoms with E-state index in [2.05, 4.69) is 5.32 Å². The minimum atomic E-state index is -0.319. The van der Waals surface area contributed by atoms with Gasteiger partial charge in [0.15, 0.2) is 0 Å². The van der Waals surface area contributed by atoms with E-state index in [-0.39, 0.29) is 30.2 Å². The van der Waals surface area contributed by atoms with Crippen molar-refractivity contribution < 1.29 is 9.59 Å². The zero-order chi connectivity index (χ0) is 15.6. The number of halogens is 2. The summed E-state index contributed by atoms with van der Waals surface area (Å²) < 4.78 is 0. The highest BCUT2D eigenvalue weighted by molar-refractivity contribution is 6.42. The molecule has 2 rings (SSSR count). The standard InChI is InChI=1S/C15H18Cl2N2O2/c1-3-9(2)18-15(21)10-6-14(20)19(8-10)11-4-5-12(16)13(17)7-11/h4-5,7,9-10H,3,6,8H2,1-2H3,(H,18,21). The van der Waals surface area contributed by atoms with Crippen LogP contribution in [0.25, 0.3) is 0 Å². The molecular formula is C15H18Cl2N2O2. The highest BCUT2D eigenvalue weighted by atomic mass is 35.5. The molecule has 0 saturated carbocycles. The fourth-order valence-corrected chi connectivity index (χ4v) is 2.54. The summed E-state index contributed by atoms with van der Waals surface area (Å²) in [7, 11) is 0. The average Bonchev–Trinajstić information content (AvgIpc) is 2.84. The Morgan fingerprint density at radius 3 is 2.76 bits per heavy atom. The van der Waals surface area contributed by atoms with Gasteiger partial charge in [0.25, 0.3) is 0 Å². The Labute approximate surface area is 134 Å². The topological polar surface area (TPSA) is 49.4 Å². The van der Waals surface area contributed by atoms with Crippen LogP contribution in [0, 0.1) is 5.92 Å².